The van der Waals surface area contributed by atoms with Gasteiger partial charge in [-0.05, 0) is 24.4 Å². The number of thiophene rings is 1. The summed E-state index contributed by atoms with van der Waals surface area (Å²) in [5, 5.41) is 10.3. The van der Waals surface area contributed by atoms with E-state index >= 15 is 0 Å². The number of aromatic nitrogens is 5. The van der Waals surface area contributed by atoms with E-state index in [-0.39, 0.29) is 23.6 Å². The maximum Gasteiger partial charge on any atom is 0.433 e. The molecule has 0 fully saturated rings. The van der Waals surface area contributed by atoms with Gasteiger partial charge < -0.3 is 4.90 Å². The van der Waals surface area contributed by atoms with Crippen molar-refractivity contribution < 1.29 is 18.0 Å². The van der Waals surface area contributed by atoms with E-state index in [0.717, 1.165) is 6.07 Å². The van der Waals surface area contributed by atoms with Gasteiger partial charge in [-0.1, -0.05) is 17.7 Å². The molecule has 4 aromatic rings. The number of carbonyl (C=O) groups excluding carboxylic acids is 1. The third kappa shape index (κ3) is 4.15. The van der Waals surface area contributed by atoms with Crippen LogP contribution in [0.25, 0.3) is 16.2 Å². The highest BCUT2D eigenvalue weighted by atomic mass is 35.5. The molecule has 4 aromatic heterocycles. The van der Waals surface area contributed by atoms with E-state index in [0.29, 0.717) is 26.7 Å². The van der Waals surface area contributed by atoms with E-state index in [2.05, 4.69) is 15.2 Å². The summed E-state index contributed by atoms with van der Waals surface area (Å²) in [7, 11) is 1.50. The second-order valence-electron chi connectivity index (χ2n) is 6.74. The van der Waals surface area contributed by atoms with Gasteiger partial charge in [0.1, 0.15) is 5.69 Å². The van der Waals surface area contributed by atoms with Crippen molar-refractivity contribution in [3.63, 3.8) is 0 Å². The minimum atomic E-state index is -4.67. The minimum absolute atomic E-state index is 0.0664. The number of fused-ring (bicyclic) bond motifs is 1. The number of nitrogens with zero attached hydrogens (tertiary/aromatic N) is 6. The molecule has 0 spiro atoms. The van der Waals surface area contributed by atoms with Crippen molar-refractivity contribution >= 4 is 34.5 Å². The molecule has 1 amide bonds. The fraction of sp³-hybridized carbons (Fsp3) is 0.263. The summed E-state index contributed by atoms with van der Waals surface area (Å²) in [6, 6.07) is 5.59. The topological polar surface area (TPSA) is 68.3 Å². The monoisotopic (exact) mass is 468 g/mol. The van der Waals surface area contributed by atoms with Gasteiger partial charge in [-0.2, -0.15) is 23.4 Å². The highest BCUT2D eigenvalue weighted by Gasteiger charge is 2.36. The maximum absolute atomic E-state index is 13.7. The Bertz CT molecular complexity index is 1250. The Morgan fingerprint density at radius 2 is 2.06 bits per heavy atom. The Morgan fingerprint density at radius 1 is 1.29 bits per heavy atom. The summed E-state index contributed by atoms with van der Waals surface area (Å²) >= 11 is 7.42. The van der Waals surface area contributed by atoms with Gasteiger partial charge in [0.25, 0.3) is 5.91 Å². The molecule has 0 radical (unpaired) electrons. The van der Waals surface area contributed by atoms with Gasteiger partial charge in [0.15, 0.2) is 17.0 Å². The lowest BCUT2D eigenvalue weighted by Gasteiger charge is -2.14. The van der Waals surface area contributed by atoms with Crippen molar-refractivity contribution in [1.82, 2.24) is 29.3 Å². The molecule has 4 rings (SSSR count). The van der Waals surface area contributed by atoms with Crippen LogP contribution in [0.15, 0.2) is 35.8 Å². The van der Waals surface area contributed by atoms with Crippen LogP contribution in [-0.4, -0.2) is 42.2 Å². The smallest absolute Gasteiger partial charge is 0.334 e. The lowest BCUT2D eigenvalue weighted by molar-refractivity contribution is -0.142. The van der Waals surface area contributed by atoms with Gasteiger partial charge in [0.2, 0.25) is 0 Å². The zero-order valence-corrected chi connectivity index (χ0v) is 18.0. The van der Waals surface area contributed by atoms with Crippen molar-refractivity contribution in [2.75, 3.05) is 7.05 Å². The van der Waals surface area contributed by atoms with Crippen LogP contribution in [0.2, 0.25) is 5.02 Å². The summed E-state index contributed by atoms with van der Waals surface area (Å²) in [5.41, 5.74) is -0.582. The Kier molecular flexibility index (Phi) is 5.48. The average Bonchev–Trinajstić information content (AvgIpc) is 3.45. The number of hydrogen-bond acceptors (Lipinski definition) is 5. The first-order valence-corrected chi connectivity index (χ1v) is 10.4. The number of hydrogen-bond donors (Lipinski definition) is 0. The highest BCUT2D eigenvalue weighted by molar-refractivity contribution is 7.13. The normalized spacial score (nSPS) is 11.9. The molecular formula is C19H16ClF3N6OS. The number of halogens is 4. The molecule has 0 aromatic carbocycles. The van der Waals surface area contributed by atoms with Crippen LogP contribution in [0.1, 0.15) is 28.8 Å². The zero-order chi connectivity index (χ0) is 22.3. The van der Waals surface area contributed by atoms with E-state index in [1.54, 1.807) is 28.4 Å². The summed E-state index contributed by atoms with van der Waals surface area (Å²) in [4.78, 5) is 19.0. The molecule has 0 atom stereocenters. The molecule has 0 aliphatic carbocycles. The molecule has 0 aliphatic heterocycles. The molecule has 0 saturated carbocycles. The summed E-state index contributed by atoms with van der Waals surface area (Å²) in [6.45, 7) is 2.59. The fourth-order valence-corrected chi connectivity index (χ4v) is 3.93. The standard InChI is InChI=1S/C19H16ClF3N6OS/c1-3-28-9-11(20)14(25-28)10-27(2)18(30)13-8-17-24-12(15-5-4-6-31-15)7-16(19(21,22)23)29(17)26-13/h4-9H,3,10H2,1-2H3. The van der Waals surface area contributed by atoms with Crippen LogP contribution in [0.3, 0.4) is 0 Å². The third-order valence-corrected chi connectivity index (χ3v) is 5.76. The minimum Gasteiger partial charge on any atom is -0.334 e. The SMILES string of the molecule is CCn1cc(Cl)c(CN(C)C(=O)c2cc3nc(-c4cccs4)cc(C(F)(F)F)n3n2)n1. The molecule has 31 heavy (non-hydrogen) atoms. The van der Waals surface area contributed by atoms with Crippen molar-refractivity contribution in [1.29, 1.82) is 0 Å². The Labute approximate surface area is 183 Å². The van der Waals surface area contributed by atoms with Crippen molar-refractivity contribution in [3.8, 4) is 10.6 Å². The van der Waals surface area contributed by atoms with Crippen molar-refractivity contribution in [2.45, 2.75) is 26.2 Å². The number of rotatable bonds is 5. The van der Waals surface area contributed by atoms with Crippen LogP contribution >= 0.6 is 22.9 Å². The van der Waals surface area contributed by atoms with Crippen LogP contribution in [0.5, 0.6) is 0 Å². The molecule has 0 saturated heterocycles. The van der Waals surface area contributed by atoms with Crippen LogP contribution in [-0.2, 0) is 19.3 Å². The Hall–Kier alpha value is -2.92. The molecule has 12 heteroatoms. The molecule has 0 unspecified atom stereocenters. The van der Waals surface area contributed by atoms with E-state index in [1.165, 1.54) is 29.4 Å². The largest absolute Gasteiger partial charge is 0.433 e. The summed E-state index contributed by atoms with van der Waals surface area (Å²) < 4.78 is 43.3. The van der Waals surface area contributed by atoms with E-state index in [1.807, 2.05) is 6.92 Å². The first-order valence-electron chi connectivity index (χ1n) is 9.16. The van der Waals surface area contributed by atoms with Crippen molar-refractivity contribution in [3.05, 3.63) is 57.9 Å². The van der Waals surface area contributed by atoms with E-state index in [4.69, 9.17) is 11.6 Å². The number of alkyl halides is 3. The van der Waals surface area contributed by atoms with Gasteiger partial charge in [-0.3, -0.25) is 9.48 Å². The van der Waals surface area contributed by atoms with Gasteiger partial charge in [0, 0.05) is 25.9 Å². The molecule has 7 nitrogen and oxygen atoms in total. The first kappa shape index (κ1) is 21.3. The average molecular weight is 469 g/mol. The Balaban J connectivity index is 1.70. The highest BCUT2D eigenvalue weighted by Crippen LogP contribution is 2.33. The second kappa shape index (κ2) is 7.97. The lowest BCUT2D eigenvalue weighted by atomic mass is 10.2. The number of aryl methyl sites for hydroxylation is 1. The summed E-state index contributed by atoms with van der Waals surface area (Å²) in [6.07, 6.45) is -3.03. The molecular weight excluding hydrogens is 453 g/mol. The third-order valence-electron chi connectivity index (χ3n) is 4.56. The molecule has 0 N–H and O–H groups in total. The quantitative estimate of drug-likeness (QED) is 0.428. The fourth-order valence-electron chi connectivity index (χ4n) is 3.03. The van der Waals surface area contributed by atoms with Crippen LogP contribution in [0, 0.1) is 0 Å². The van der Waals surface area contributed by atoms with E-state index < -0.39 is 17.8 Å². The van der Waals surface area contributed by atoms with Crippen LogP contribution in [0.4, 0.5) is 13.2 Å². The lowest BCUT2D eigenvalue weighted by Crippen LogP contribution is -2.27. The van der Waals surface area contributed by atoms with Gasteiger partial charge in [0.05, 0.1) is 22.1 Å². The molecule has 162 valence electrons. The maximum atomic E-state index is 13.7. The van der Waals surface area contributed by atoms with Gasteiger partial charge in [-0.25, -0.2) is 9.50 Å². The van der Waals surface area contributed by atoms with Gasteiger partial charge in [-0.15, -0.1) is 11.3 Å². The van der Waals surface area contributed by atoms with Gasteiger partial charge >= 0.3 is 6.18 Å². The molecule has 0 bridgehead atoms. The first-order chi connectivity index (χ1) is 14.7. The number of carbonyl (C=O) groups is 1. The Morgan fingerprint density at radius 3 is 2.68 bits per heavy atom. The van der Waals surface area contributed by atoms with Crippen molar-refractivity contribution in [2.24, 2.45) is 0 Å². The predicted molar refractivity (Wildman–Crippen MR) is 110 cm³/mol. The van der Waals surface area contributed by atoms with Crippen LogP contribution < -0.4 is 0 Å². The zero-order valence-electron chi connectivity index (χ0n) is 16.4. The molecule has 0 aliphatic rings. The number of amides is 1. The molecule has 4 heterocycles. The summed E-state index contributed by atoms with van der Waals surface area (Å²) in [5.74, 6) is -0.571. The second-order valence-corrected chi connectivity index (χ2v) is 8.10. The van der Waals surface area contributed by atoms with E-state index in [9.17, 15) is 18.0 Å². The predicted octanol–water partition coefficient (Wildman–Crippen LogP) is 4.62.